The van der Waals surface area contributed by atoms with Crippen LogP contribution in [0.1, 0.15) is 47.3 Å². The molecule has 0 unspecified atom stereocenters. The van der Waals surface area contributed by atoms with Crippen LogP contribution >= 0.6 is 0 Å². The standard InChI is InChI=1S/C35H27N3O6/c1-2-31(44-32(40)19-43-37-34-25-12-6-4-10-23(25)24-11-5-7-13-26(24)34)27-16-30-33-22(15-21-9-3-8-14-29(21)36-33)17-38(30)35(41)28(27)18-42-20-39/h3-16,20,31H,2,17-19H2,1H3/t31-/m0/s1. The molecule has 0 radical (unpaired) electrons. The Morgan fingerprint density at radius 1 is 0.977 bits per heavy atom. The quantitative estimate of drug-likeness (QED) is 0.124. The van der Waals surface area contributed by atoms with Gasteiger partial charge in [-0.05, 0) is 35.7 Å². The van der Waals surface area contributed by atoms with Gasteiger partial charge in [0.25, 0.3) is 12.0 Å². The van der Waals surface area contributed by atoms with Crippen molar-refractivity contribution >= 4 is 29.1 Å². The Hall–Kier alpha value is -5.57. The fourth-order valence-electron chi connectivity index (χ4n) is 6.08. The van der Waals surface area contributed by atoms with Crippen LogP contribution in [0.5, 0.6) is 0 Å². The average Bonchev–Trinajstić information content (AvgIpc) is 3.57. The summed E-state index contributed by atoms with van der Waals surface area (Å²) in [5.41, 5.74) is 8.03. The summed E-state index contributed by atoms with van der Waals surface area (Å²) in [7, 11) is 0. The Balaban J connectivity index is 1.17. The van der Waals surface area contributed by atoms with Gasteiger partial charge in [-0.25, -0.2) is 9.78 Å². The van der Waals surface area contributed by atoms with E-state index in [0.29, 0.717) is 42.1 Å². The van der Waals surface area contributed by atoms with Gasteiger partial charge in [-0.15, -0.1) is 0 Å². The summed E-state index contributed by atoms with van der Waals surface area (Å²) < 4.78 is 12.5. The third kappa shape index (κ3) is 4.63. The van der Waals surface area contributed by atoms with Gasteiger partial charge < -0.3 is 18.9 Å². The van der Waals surface area contributed by atoms with Gasteiger partial charge in [0.05, 0.1) is 29.0 Å². The van der Waals surface area contributed by atoms with E-state index < -0.39 is 18.7 Å². The molecule has 2 aliphatic rings. The number of aromatic nitrogens is 2. The van der Waals surface area contributed by atoms with Crippen molar-refractivity contribution in [3.05, 3.63) is 123 Å². The maximum atomic E-state index is 13.7. The number of fused-ring (bicyclic) bond motifs is 7. The molecule has 0 bridgehead atoms. The molecule has 3 aromatic carbocycles. The SMILES string of the molecule is CC[C@H](OC(=O)CON=C1c2ccccc2-c2ccccc21)c1cc2n(c(=O)c1COC=O)Cc1cc3ccccc3nc1-2. The predicted octanol–water partition coefficient (Wildman–Crippen LogP) is 5.54. The Labute approximate surface area is 252 Å². The molecule has 1 aliphatic heterocycles. The van der Waals surface area contributed by atoms with E-state index in [1.54, 1.807) is 4.57 Å². The number of nitrogens with zero attached hydrogens (tertiary/aromatic N) is 3. The van der Waals surface area contributed by atoms with E-state index in [0.717, 1.165) is 38.7 Å². The number of para-hydroxylation sites is 1. The molecule has 0 fully saturated rings. The molecule has 0 spiro atoms. The van der Waals surface area contributed by atoms with Gasteiger partial charge in [0.1, 0.15) is 18.4 Å². The maximum absolute atomic E-state index is 13.7. The summed E-state index contributed by atoms with van der Waals surface area (Å²) >= 11 is 0. The highest BCUT2D eigenvalue weighted by molar-refractivity contribution is 6.24. The molecule has 0 saturated carbocycles. The van der Waals surface area contributed by atoms with Crippen LogP contribution in [0.3, 0.4) is 0 Å². The normalized spacial score (nSPS) is 13.0. The van der Waals surface area contributed by atoms with Gasteiger partial charge in [-0.2, -0.15) is 0 Å². The summed E-state index contributed by atoms with van der Waals surface area (Å²) in [5.74, 6) is -0.645. The zero-order chi connectivity index (χ0) is 30.2. The second kappa shape index (κ2) is 11.3. The second-order valence-corrected chi connectivity index (χ2v) is 10.6. The van der Waals surface area contributed by atoms with Gasteiger partial charge in [-0.3, -0.25) is 9.59 Å². The Morgan fingerprint density at radius 3 is 2.36 bits per heavy atom. The molecule has 44 heavy (non-hydrogen) atoms. The molecule has 0 amide bonds. The van der Waals surface area contributed by atoms with Gasteiger partial charge in [-0.1, -0.05) is 78.8 Å². The van der Waals surface area contributed by atoms with Crippen LogP contribution in [0.25, 0.3) is 33.4 Å². The van der Waals surface area contributed by atoms with Crippen molar-refractivity contribution in [1.29, 1.82) is 0 Å². The van der Waals surface area contributed by atoms with Crippen LogP contribution in [0, 0.1) is 0 Å². The average molecular weight is 586 g/mol. The first-order valence-electron chi connectivity index (χ1n) is 14.4. The van der Waals surface area contributed by atoms with Gasteiger partial charge in [0.2, 0.25) is 6.61 Å². The highest BCUT2D eigenvalue weighted by Crippen LogP contribution is 2.37. The van der Waals surface area contributed by atoms with Crippen LogP contribution in [0.15, 0.2) is 94.9 Å². The number of hydrogen-bond acceptors (Lipinski definition) is 8. The number of rotatable bonds is 9. The minimum absolute atomic E-state index is 0.248. The lowest BCUT2D eigenvalue weighted by Crippen LogP contribution is -2.27. The zero-order valence-corrected chi connectivity index (χ0v) is 23.9. The van der Waals surface area contributed by atoms with Crippen LogP contribution < -0.4 is 5.56 Å². The number of esters is 1. The van der Waals surface area contributed by atoms with E-state index in [1.165, 1.54) is 0 Å². The van der Waals surface area contributed by atoms with Gasteiger partial charge in [0.15, 0.2) is 0 Å². The fraction of sp³-hybridized carbons (Fsp3) is 0.171. The third-order valence-corrected chi connectivity index (χ3v) is 8.09. The maximum Gasteiger partial charge on any atom is 0.347 e. The number of benzene rings is 3. The van der Waals surface area contributed by atoms with E-state index in [4.69, 9.17) is 19.3 Å². The molecular formula is C35H27N3O6. The third-order valence-electron chi connectivity index (χ3n) is 8.09. The van der Waals surface area contributed by atoms with E-state index >= 15 is 0 Å². The van der Waals surface area contributed by atoms with Crippen molar-refractivity contribution in [1.82, 2.24) is 9.55 Å². The second-order valence-electron chi connectivity index (χ2n) is 10.6. The first-order chi connectivity index (χ1) is 21.6. The Morgan fingerprint density at radius 2 is 1.66 bits per heavy atom. The lowest BCUT2D eigenvalue weighted by atomic mass is 10.0. The summed E-state index contributed by atoms with van der Waals surface area (Å²) in [5, 5.41) is 5.29. The topological polar surface area (TPSA) is 109 Å². The van der Waals surface area contributed by atoms with Crippen LogP contribution in [0.4, 0.5) is 0 Å². The molecular weight excluding hydrogens is 558 g/mol. The minimum Gasteiger partial charge on any atom is -0.463 e. The fourth-order valence-corrected chi connectivity index (χ4v) is 6.08. The molecule has 9 heteroatoms. The predicted molar refractivity (Wildman–Crippen MR) is 164 cm³/mol. The molecule has 3 heterocycles. The lowest BCUT2D eigenvalue weighted by molar-refractivity contribution is -0.155. The molecule has 5 aromatic rings. The van der Waals surface area contributed by atoms with Crippen LogP contribution in [-0.2, 0) is 37.1 Å². The molecule has 0 N–H and O–H groups in total. The summed E-state index contributed by atoms with van der Waals surface area (Å²) in [6.45, 7) is 1.81. The van der Waals surface area contributed by atoms with Crippen molar-refractivity contribution in [3.63, 3.8) is 0 Å². The lowest BCUT2D eigenvalue weighted by Gasteiger charge is -2.20. The first-order valence-corrected chi connectivity index (χ1v) is 14.4. The number of pyridine rings is 2. The van der Waals surface area contributed by atoms with E-state index in [9.17, 15) is 14.4 Å². The molecule has 0 saturated heterocycles. The Bertz CT molecular complexity index is 2000. The van der Waals surface area contributed by atoms with Crippen molar-refractivity contribution in [2.75, 3.05) is 6.61 Å². The van der Waals surface area contributed by atoms with Crippen LogP contribution in [-0.4, -0.2) is 34.3 Å². The highest BCUT2D eigenvalue weighted by Gasteiger charge is 2.29. The summed E-state index contributed by atoms with van der Waals surface area (Å²) in [4.78, 5) is 48.2. The molecule has 2 aromatic heterocycles. The molecule has 9 nitrogen and oxygen atoms in total. The van der Waals surface area contributed by atoms with Gasteiger partial charge in [0, 0.05) is 27.6 Å². The molecule has 7 rings (SSSR count). The number of carbonyl (C=O) groups is 2. The number of ether oxygens (including phenoxy) is 2. The largest absolute Gasteiger partial charge is 0.463 e. The highest BCUT2D eigenvalue weighted by atomic mass is 16.7. The van der Waals surface area contributed by atoms with Gasteiger partial charge >= 0.3 is 5.97 Å². The molecule has 1 atom stereocenters. The smallest absolute Gasteiger partial charge is 0.347 e. The monoisotopic (exact) mass is 585 g/mol. The minimum atomic E-state index is -0.792. The molecule has 1 aliphatic carbocycles. The number of carbonyl (C=O) groups excluding carboxylic acids is 2. The van der Waals surface area contributed by atoms with Crippen molar-refractivity contribution in [3.8, 4) is 22.5 Å². The Kier molecular flexibility index (Phi) is 6.98. The summed E-state index contributed by atoms with van der Waals surface area (Å²) in [6, 6.07) is 27.4. The van der Waals surface area contributed by atoms with Crippen LogP contribution in [0.2, 0.25) is 0 Å². The zero-order valence-electron chi connectivity index (χ0n) is 23.9. The van der Waals surface area contributed by atoms with E-state index in [1.807, 2.05) is 91.9 Å². The van der Waals surface area contributed by atoms with Crippen molar-refractivity contribution < 1.29 is 23.9 Å². The van der Waals surface area contributed by atoms with Crippen molar-refractivity contribution in [2.24, 2.45) is 5.16 Å². The van der Waals surface area contributed by atoms with E-state index in [2.05, 4.69) is 5.16 Å². The van der Waals surface area contributed by atoms with Crippen molar-refractivity contribution in [2.45, 2.75) is 32.6 Å². The number of oxime groups is 1. The molecule has 218 valence electrons. The summed E-state index contributed by atoms with van der Waals surface area (Å²) in [6.07, 6.45) is -0.421. The first kappa shape index (κ1) is 27.3. The van der Waals surface area contributed by atoms with E-state index in [-0.39, 0.29) is 17.7 Å². The number of hydrogen-bond donors (Lipinski definition) is 0.